The first-order valence-electron chi connectivity index (χ1n) is 7.37. The van der Waals surface area contributed by atoms with E-state index in [1.54, 1.807) is 12.1 Å². The van der Waals surface area contributed by atoms with Crippen molar-refractivity contribution in [1.82, 2.24) is 5.32 Å². The molecular formula is C16H25NO2. The van der Waals surface area contributed by atoms with E-state index in [0.717, 1.165) is 26.0 Å². The monoisotopic (exact) mass is 263 g/mol. The second kappa shape index (κ2) is 7.51. The molecule has 1 aliphatic heterocycles. The number of hydrogen-bond acceptors (Lipinski definition) is 3. The fraction of sp³-hybridized carbons (Fsp3) is 0.625. The van der Waals surface area contributed by atoms with Gasteiger partial charge in [-0.15, -0.1) is 0 Å². The van der Waals surface area contributed by atoms with Gasteiger partial charge in [0, 0.05) is 12.6 Å². The van der Waals surface area contributed by atoms with Crippen LogP contribution in [0.5, 0.6) is 5.75 Å². The quantitative estimate of drug-likeness (QED) is 0.829. The number of hydrogen-bond donors (Lipinski definition) is 2. The van der Waals surface area contributed by atoms with Crippen molar-refractivity contribution >= 4 is 0 Å². The molecule has 0 radical (unpaired) electrons. The molecule has 1 aromatic rings. The number of ether oxygens (including phenoxy) is 1. The minimum Gasteiger partial charge on any atom is -0.508 e. The van der Waals surface area contributed by atoms with E-state index in [9.17, 15) is 5.11 Å². The molecule has 2 unspecified atom stereocenters. The van der Waals surface area contributed by atoms with Crippen LogP contribution in [0, 0.1) is 0 Å². The lowest BCUT2D eigenvalue weighted by molar-refractivity contribution is 0.0113. The van der Waals surface area contributed by atoms with Gasteiger partial charge in [0.05, 0.1) is 6.10 Å². The van der Waals surface area contributed by atoms with Gasteiger partial charge in [0.2, 0.25) is 0 Å². The van der Waals surface area contributed by atoms with Gasteiger partial charge in [-0.2, -0.15) is 0 Å². The van der Waals surface area contributed by atoms with Gasteiger partial charge in [0.15, 0.2) is 0 Å². The van der Waals surface area contributed by atoms with Crippen LogP contribution in [0.1, 0.15) is 38.2 Å². The first-order chi connectivity index (χ1) is 9.24. The maximum absolute atomic E-state index is 9.25. The Morgan fingerprint density at radius 3 is 2.79 bits per heavy atom. The molecule has 0 aliphatic carbocycles. The first kappa shape index (κ1) is 14.4. The highest BCUT2D eigenvalue weighted by Crippen LogP contribution is 2.15. The van der Waals surface area contributed by atoms with Crippen molar-refractivity contribution in [2.45, 2.75) is 51.2 Å². The summed E-state index contributed by atoms with van der Waals surface area (Å²) in [6.07, 6.45) is 6.32. The molecule has 0 spiro atoms. The van der Waals surface area contributed by atoms with Gasteiger partial charge in [-0.3, -0.25) is 0 Å². The lowest BCUT2D eigenvalue weighted by Crippen LogP contribution is -2.32. The molecule has 2 rings (SSSR count). The van der Waals surface area contributed by atoms with E-state index in [1.807, 2.05) is 12.1 Å². The Morgan fingerprint density at radius 2 is 2.11 bits per heavy atom. The van der Waals surface area contributed by atoms with Gasteiger partial charge >= 0.3 is 0 Å². The van der Waals surface area contributed by atoms with Crippen molar-refractivity contribution in [3.05, 3.63) is 29.8 Å². The summed E-state index contributed by atoms with van der Waals surface area (Å²) in [6.45, 7) is 4.16. The Balaban J connectivity index is 1.63. The molecule has 3 nitrogen and oxygen atoms in total. The predicted octanol–water partition coefficient (Wildman–Crippen LogP) is 2.87. The van der Waals surface area contributed by atoms with E-state index in [-0.39, 0.29) is 0 Å². The number of phenols is 1. The van der Waals surface area contributed by atoms with Gasteiger partial charge in [-0.25, -0.2) is 0 Å². The first-order valence-corrected chi connectivity index (χ1v) is 7.37. The molecule has 1 saturated heterocycles. The Bertz CT molecular complexity index is 358. The molecule has 0 aromatic heterocycles. The van der Waals surface area contributed by atoms with E-state index in [4.69, 9.17) is 4.74 Å². The summed E-state index contributed by atoms with van der Waals surface area (Å²) in [5.41, 5.74) is 1.26. The number of benzene rings is 1. The number of rotatable bonds is 6. The molecule has 2 N–H and O–H groups in total. The molecule has 106 valence electrons. The molecule has 0 bridgehead atoms. The van der Waals surface area contributed by atoms with Crippen LogP contribution >= 0.6 is 0 Å². The normalized spacial score (nSPS) is 21.2. The summed E-state index contributed by atoms with van der Waals surface area (Å²) in [5.74, 6) is 0.332. The second-order valence-corrected chi connectivity index (χ2v) is 5.50. The summed E-state index contributed by atoms with van der Waals surface area (Å²) >= 11 is 0. The molecule has 0 saturated carbocycles. The fourth-order valence-electron chi connectivity index (χ4n) is 2.58. The Labute approximate surface area is 116 Å². The second-order valence-electron chi connectivity index (χ2n) is 5.50. The highest BCUT2D eigenvalue weighted by Gasteiger charge is 2.13. The molecule has 1 aromatic carbocycles. The van der Waals surface area contributed by atoms with Crippen LogP contribution < -0.4 is 5.32 Å². The van der Waals surface area contributed by atoms with Gasteiger partial charge in [-0.1, -0.05) is 12.1 Å². The van der Waals surface area contributed by atoms with Gasteiger partial charge in [0.1, 0.15) is 5.75 Å². The van der Waals surface area contributed by atoms with E-state index < -0.39 is 0 Å². The molecule has 1 fully saturated rings. The summed E-state index contributed by atoms with van der Waals surface area (Å²) in [6, 6.07) is 7.92. The smallest absolute Gasteiger partial charge is 0.115 e. The zero-order valence-corrected chi connectivity index (χ0v) is 11.8. The average molecular weight is 263 g/mol. The molecule has 3 heteroatoms. The van der Waals surface area contributed by atoms with Gasteiger partial charge in [0.25, 0.3) is 0 Å². The minimum atomic E-state index is 0.332. The average Bonchev–Trinajstić information content (AvgIpc) is 2.43. The highest BCUT2D eigenvalue weighted by molar-refractivity contribution is 5.26. The van der Waals surface area contributed by atoms with Crippen molar-refractivity contribution in [3.63, 3.8) is 0 Å². The number of aromatic hydroxyl groups is 1. The Morgan fingerprint density at radius 1 is 1.32 bits per heavy atom. The molecular weight excluding hydrogens is 238 g/mol. The topological polar surface area (TPSA) is 41.5 Å². The minimum absolute atomic E-state index is 0.332. The summed E-state index contributed by atoms with van der Waals surface area (Å²) in [7, 11) is 0. The van der Waals surface area contributed by atoms with Gasteiger partial charge in [-0.05, 0) is 63.3 Å². The van der Waals surface area contributed by atoms with Crippen LogP contribution in [0.15, 0.2) is 24.3 Å². The molecule has 19 heavy (non-hydrogen) atoms. The molecule has 2 atom stereocenters. The van der Waals surface area contributed by atoms with Crippen LogP contribution in [0.2, 0.25) is 0 Å². The van der Waals surface area contributed by atoms with Crippen molar-refractivity contribution < 1.29 is 9.84 Å². The SMILES string of the molecule is CC(Cc1ccc(O)cc1)NCCC1CCCCO1. The lowest BCUT2D eigenvalue weighted by Gasteiger charge is -2.23. The van der Waals surface area contributed by atoms with E-state index >= 15 is 0 Å². The molecule has 0 amide bonds. The Kier molecular flexibility index (Phi) is 5.67. The summed E-state index contributed by atoms with van der Waals surface area (Å²) < 4.78 is 5.72. The van der Waals surface area contributed by atoms with Crippen molar-refractivity contribution in [3.8, 4) is 5.75 Å². The van der Waals surface area contributed by atoms with Crippen molar-refractivity contribution in [1.29, 1.82) is 0 Å². The van der Waals surface area contributed by atoms with E-state index in [2.05, 4.69) is 12.2 Å². The Hall–Kier alpha value is -1.06. The van der Waals surface area contributed by atoms with Crippen LogP contribution in [-0.2, 0) is 11.2 Å². The maximum Gasteiger partial charge on any atom is 0.115 e. The number of phenolic OH excluding ortho intramolecular Hbond substituents is 1. The van der Waals surface area contributed by atoms with Crippen LogP contribution in [-0.4, -0.2) is 30.4 Å². The van der Waals surface area contributed by atoms with Gasteiger partial charge < -0.3 is 15.2 Å². The van der Waals surface area contributed by atoms with Crippen molar-refractivity contribution in [2.75, 3.05) is 13.2 Å². The van der Waals surface area contributed by atoms with Crippen LogP contribution in [0.4, 0.5) is 0 Å². The largest absolute Gasteiger partial charge is 0.508 e. The fourth-order valence-corrected chi connectivity index (χ4v) is 2.58. The maximum atomic E-state index is 9.25. The standard InChI is InChI=1S/C16H25NO2/c1-13(12-14-5-7-15(18)8-6-14)17-10-9-16-4-2-3-11-19-16/h5-8,13,16-18H,2-4,9-12H2,1H3. The van der Waals surface area contributed by atoms with Crippen LogP contribution in [0.3, 0.4) is 0 Å². The summed E-state index contributed by atoms with van der Waals surface area (Å²) in [4.78, 5) is 0. The molecule has 1 aliphatic rings. The molecule has 1 heterocycles. The van der Waals surface area contributed by atoms with E-state index in [1.165, 1.54) is 24.8 Å². The zero-order valence-electron chi connectivity index (χ0n) is 11.8. The van der Waals surface area contributed by atoms with Crippen LogP contribution in [0.25, 0.3) is 0 Å². The lowest BCUT2D eigenvalue weighted by atomic mass is 10.0. The summed E-state index contributed by atoms with van der Waals surface area (Å²) in [5, 5.41) is 12.8. The van der Waals surface area contributed by atoms with E-state index in [0.29, 0.717) is 17.9 Å². The third-order valence-electron chi connectivity index (χ3n) is 3.71. The zero-order chi connectivity index (χ0) is 13.5. The van der Waals surface area contributed by atoms with Crippen molar-refractivity contribution in [2.24, 2.45) is 0 Å². The third kappa shape index (κ3) is 5.21. The highest BCUT2D eigenvalue weighted by atomic mass is 16.5. The third-order valence-corrected chi connectivity index (χ3v) is 3.71. The number of nitrogens with one attached hydrogen (secondary N) is 1. The predicted molar refractivity (Wildman–Crippen MR) is 77.5 cm³/mol.